The lowest BCUT2D eigenvalue weighted by atomic mass is 9.94. The van der Waals surface area contributed by atoms with Crippen LogP contribution in [-0.2, 0) is 26.1 Å². The predicted molar refractivity (Wildman–Crippen MR) is 127 cm³/mol. The molecule has 2 saturated heterocycles. The molecular weight excluding hydrogens is 454 g/mol. The van der Waals surface area contributed by atoms with Crippen LogP contribution in [0.25, 0.3) is 0 Å². The second-order valence-corrected chi connectivity index (χ2v) is 10.6. The maximum atomic E-state index is 13.2. The Balaban J connectivity index is 1.40. The maximum absolute atomic E-state index is 13.2. The van der Waals surface area contributed by atoms with Gasteiger partial charge in [0.2, 0.25) is 15.9 Å². The summed E-state index contributed by atoms with van der Waals surface area (Å²) in [5.74, 6) is -0.292. The van der Waals surface area contributed by atoms with Crippen molar-refractivity contribution in [1.82, 2.24) is 14.5 Å². The van der Waals surface area contributed by atoms with Crippen LogP contribution in [-0.4, -0.2) is 61.9 Å². The van der Waals surface area contributed by atoms with Crippen LogP contribution in [0.3, 0.4) is 0 Å². The number of nitrogens with zero attached hydrogens (tertiary/aromatic N) is 2. The van der Waals surface area contributed by atoms with Crippen LogP contribution >= 0.6 is 0 Å². The van der Waals surface area contributed by atoms with E-state index >= 15 is 0 Å². The first-order valence-corrected chi connectivity index (χ1v) is 12.7. The molecular formula is C25H29N3O5S. The Labute approximate surface area is 200 Å². The average molecular weight is 484 g/mol. The Kier molecular flexibility index (Phi) is 7.16. The van der Waals surface area contributed by atoms with E-state index in [-0.39, 0.29) is 35.3 Å². The lowest BCUT2D eigenvalue weighted by molar-refractivity contribution is -0.120. The van der Waals surface area contributed by atoms with Gasteiger partial charge in [0.05, 0.1) is 11.0 Å². The van der Waals surface area contributed by atoms with Gasteiger partial charge >= 0.3 is 0 Å². The number of piperidine rings is 1. The molecule has 3 atom stereocenters. The Morgan fingerprint density at radius 3 is 2.56 bits per heavy atom. The summed E-state index contributed by atoms with van der Waals surface area (Å²) < 4.78 is 33.8. The third-order valence-electron chi connectivity index (χ3n) is 6.35. The second-order valence-electron chi connectivity index (χ2n) is 8.69. The lowest BCUT2D eigenvalue weighted by Gasteiger charge is -2.33. The van der Waals surface area contributed by atoms with Crippen LogP contribution in [0.2, 0.25) is 0 Å². The van der Waals surface area contributed by atoms with E-state index < -0.39 is 16.3 Å². The van der Waals surface area contributed by atoms with E-state index in [0.717, 1.165) is 5.56 Å². The zero-order valence-electron chi connectivity index (χ0n) is 19.1. The van der Waals surface area contributed by atoms with Crippen molar-refractivity contribution in [2.75, 3.05) is 20.1 Å². The van der Waals surface area contributed by atoms with Crippen molar-refractivity contribution >= 4 is 21.8 Å². The van der Waals surface area contributed by atoms with Crippen molar-refractivity contribution in [1.29, 1.82) is 0 Å². The van der Waals surface area contributed by atoms with E-state index in [1.807, 2.05) is 30.3 Å². The molecule has 2 aromatic carbocycles. The highest BCUT2D eigenvalue weighted by Crippen LogP contribution is 2.34. The first-order valence-electron chi connectivity index (χ1n) is 11.3. The molecule has 4 rings (SSSR count). The van der Waals surface area contributed by atoms with Gasteiger partial charge < -0.3 is 15.0 Å². The van der Waals surface area contributed by atoms with Gasteiger partial charge in [0, 0.05) is 32.2 Å². The molecule has 2 heterocycles. The van der Waals surface area contributed by atoms with Crippen molar-refractivity contribution in [3.63, 3.8) is 0 Å². The normalized spacial score (nSPS) is 22.6. The molecule has 0 bridgehead atoms. The Bertz CT molecular complexity index is 1150. The number of amides is 2. The molecule has 34 heavy (non-hydrogen) atoms. The summed E-state index contributed by atoms with van der Waals surface area (Å²) >= 11 is 0. The first kappa shape index (κ1) is 24.1. The number of ether oxygens (including phenoxy) is 1. The number of nitrogens with one attached hydrogen (secondary N) is 1. The molecule has 0 aromatic heterocycles. The second kappa shape index (κ2) is 10.1. The van der Waals surface area contributed by atoms with Gasteiger partial charge in [0.25, 0.3) is 5.91 Å². The smallest absolute Gasteiger partial charge is 0.253 e. The molecule has 8 nitrogen and oxygen atoms in total. The fourth-order valence-electron chi connectivity index (χ4n) is 4.50. The zero-order valence-corrected chi connectivity index (χ0v) is 19.9. The van der Waals surface area contributed by atoms with Crippen molar-refractivity contribution in [2.24, 2.45) is 5.92 Å². The van der Waals surface area contributed by atoms with Crippen LogP contribution in [0, 0.1) is 5.92 Å². The molecule has 3 unspecified atom stereocenters. The summed E-state index contributed by atoms with van der Waals surface area (Å²) in [6.45, 7) is 4.51. The van der Waals surface area contributed by atoms with Crippen LogP contribution in [0.15, 0.2) is 72.1 Å². The minimum absolute atomic E-state index is 0.141. The summed E-state index contributed by atoms with van der Waals surface area (Å²) in [6, 6.07) is 15.7. The number of fused-ring (bicyclic) bond motifs is 1. The summed E-state index contributed by atoms with van der Waals surface area (Å²) in [6.07, 6.45) is 1.81. The van der Waals surface area contributed by atoms with Gasteiger partial charge in [0.1, 0.15) is 6.23 Å². The monoisotopic (exact) mass is 483 g/mol. The van der Waals surface area contributed by atoms with Crippen molar-refractivity contribution in [2.45, 2.75) is 36.6 Å². The quantitative estimate of drug-likeness (QED) is 0.610. The Hall–Kier alpha value is -3.01. The number of hydrogen-bond donors (Lipinski definition) is 1. The zero-order chi connectivity index (χ0) is 24.3. The Morgan fingerprint density at radius 2 is 1.88 bits per heavy atom. The molecule has 180 valence electrons. The van der Waals surface area contributed by atoms with Crippen LogP contribution < -0.4 is 5.32 Å². The highest BCUT2D eigenvalue weighted by atomic mass is 32.2. The molecule has 9 heteroatoms. The van der Waals surface area contributed by atoms with Crippen LogP contribution in [0.4, 0.5) is 0 Å². The summed E-state index contributed by atoms with van der Waals surface area (Å²) in [5.41, 5.74) is 1.44. The van der Waals surface area contributed by atoms with Gasteiger partial charge in [0.15, 0.2) is 0 Å². The summed E-state index contributed by atoms with van der Waals surface area (Å²) in [5, 5.41) is 2.73. The number of carbonyl (C=O) groups excluding carboxylic acids is 2. The lowest BCUT2D eigenvalue weighted by Crippen LogP contribution is -2.45. The molecule has 2 aromatic rings. The topological polar surface area (TPSA) is 96.0 Å². The maximum Gasteiger partial charge on any atom is 0.253 e. The largest absolute Gasteiger partial charge is 0.354 e. The third-order valence-corrected chi connectivity index (χ3v) is 8.23. The molecule has 0 radical (unpaired) electrons. The number of sulfonamides is 1. The highest BCUT2D eigenvalue weighted by Gasteiger charge is 2.42. The average Bonchev–Trinajstić information content (AvgIpc) is 3.25. The molecule has 2 aliphatic heterocycles. The van der Waals surface area contributed by atoms with Gasteiger partial charge in [-0.2, -0.15) is 4.31 Å². The minimum Gasteiger partial charge on any atom is -0.354 e. The fourth-order valence-corrected chi connectivity index (χ4v) is 5.97. The van der Waals surface area contributed by atoms with Crippen molar-refractivity contribution in [3.05, 3.63) is 78.4 Å². The van der Waals surface area contributed by atoms with Crippen LogP contribution in [0.5, 0.6) is 0 Å². The molecule has 2 aliphatic rings. The van der Waals surface area contributed by atoms with Gasteiger partial charge in [-0.25, -0.2) is 8.42 Å². The molecule has 0 spiro atoms. The highest BCUT2D eigenvalue weighted by molar-refractivity contribution is 7.89. The van der Waals surface area contributed by atoms with Gasteiger partial charge in [-0.3, -0.25) is 9.59 Å². The first-order chi connectivity index (χ1) is 16.3. The number of rotatable bonds is 7. The van der Waals surface area contributed by atoms with Gasteiger partial charge in [-0.05, 0) is 54.7 Å². The van der Waals surface area contributed by atoms with Crippen molar-refractivity contribution in [3.8, 4) is 0 Å². The van der Waals surface area contributed by atoms with E-state index in [0.29, 0.717) is 31.5 Å². The SMILES string of the molecule is C=CC(=O)NC1CC2CCN(S(=O)(=O)c3ccc(C(=O)N(C)Cc4ccccc4)cc3)CC2O1. The third kappa shape index (κ3) is 5.22. The molecule has 1 N–H and O–H groups in total. The van der Waals surface area contributed by atoms with E-state index in [9.17, 15) is 18.0 Å². The van der Waals surface area contributed by atoms with Crippen LogP contribution in [0.1, 0.15) is 28.8 Å². The molecule has 0 saturated carbocycles. The fraction of sp³-hybridized carbons (Fsp3) is 0.360. The minimum atomic E-state index is -3.73. The number of hydrogen-bond acceptors (Lipinski definition) is 5. The van der Waals surface area contributed by atoms with Gasteiger partial charge in [-0.15, -0.1) is 0 Å². The molecule has 0 aliphatic carbocycles. The van der Waals surface area contributed by atoms with E-state index in [1.54, 1.807) is 24.1 Å². The molecule has 2 amide bonds. The summed E-state index contributed by atoms with van der Waals surface area (Å²) in [7, 11) is -2.01. The van der Waals surface area contributed by atoms with Crippen molar-refractivity contribution < 1.29 is 22.7 Å². The number of benzene rings is 2. The predicted octanol–water partition coefficient (Wildman–Crippen LogP) is 2.39. The van der Waals surface area contributed by atoms with E-state index in [1.165, 1.54) is 22.5 Å². The molecule has 2 fully saturated rings. The standard InChI is InChI=1S/C25H29N3O5S/c1-3-23(29)26-24-15-20-13-14-28(17-22(20)33-24)34(31,32)21-11-9-19(10-12-21)25(30)27(2)16-18-7-5-4-6-8-18/h3-12,20,22,24H,1,13-17H2,2H3,(H,26,29). The Morgan fingerprint density at radius 1 is 1.18 bits per heavy atom. The van der Waals surface area contributed by atoms with E-state index in [2.05, 4.69) is 11.9 Å². The van der Waals surface area contributed by atoms with E-state index in [4.69, 9.17) is 4.74 Å². The number of carbonyl (C=O) groups is 2. The summed E-state index contributed by atoms with van der Waals surface area (Å²) in [4.78, 5) is 26.1. The van der Waals surface area contributed by atoms with Gasteiger partial charge in [-0.1, -0.05) is 36.9 Å².